The smallest absolute Gasteiger partial charge is 0.307 e. The van der Waals surface area contributed by atoms with Gasteiger partial charge >= 0.3 is 5.97 Å². The van der Waals surface area contributed by atoms with E-state index in [9.17, 15) is 14.4 Å². The van der Waals surface area contributed by atoms with E-state index >= 15 is 0 Å². The Hall–Kier alpha value is -1.04. The predicted molar refractivity (Wildman–Crippen MR) is 67.1 cm³/mol. The van der Waals surface area contributed by atoms with Crippen molar-refractivity contribution in [2.75, 3.05) is 5.75 Å². The maximum Gasteiger partial charge on any atom is 0.307 e. The zero-order chi connectivity index (χ0) is 13.1. The summed E-state index contributed by atoms with van der Waals surface area (Å²) in [6.45, 7) is 0. The minimum absolute atomic E-state index is 0.00830. The van der Waals surface area contributed by atoms with E-state index in [0.29, 0.717) is 19.3 Å². The maximum atomic E-state index is 12.1. The fourth-order valence-corrected chi connectivity index (χ4v) is 3.58. The van der Waals surface area contributed by atoms with Gasteiger partial charge in [0.05, 0.1) is 17.9 Å². The van der Waals surface area contributed by atoms with Crippen LogP contribution in [0.1, 0.15) is 32.1 Å². The van der Waals surface area contributed by atoms with Crippen LogP contribution < -0.4 is 5.32 Å². The Bertz CT molecular complexity index is 371. The van der Waals surface area contributed by atoms with Crippen molar-refractivity contribution in [3.63, 3.8) is 0 Å². The molecule has 1 saturated heterocycles. The summed E-state index contributed by atoms with van der Waals surface area (Å²) in [5.41, 5.74) is 0. The SMILES string of the molecule is O=C1SCCC1NC(=O)C1CCCCC1C(=O)O. The monoisotopic (exact) mass is 271 g/mol. The molecule has 1 aliphatic carbocycles. The highest BCUT2D eigenvalue weighted by atomic mass is 32.2. The number of hydrogen-bond acceptors (Lipinski definition) is 4. The molecule has 3 atom stereocenters. The van der Waals surface area contributed by atoms with E-state index in [4.69, 9.17) is 5.11 Å². The average Bonchev–Trinajstić information content (AvgIpc) is 2.75. The lowest BCUT2D eigenvalue weighted by molar-refractivity contribution is -0.149. The van der Waals surface area contributed by atoms with Crippen molar-refractivity contribution in [3.8, 4) is 0 Å². The van der Waals surface area contributed by atoms with Crippen LogP contribution in [-0.4, -0.2) is 33.9 Å². The third-order valence-corrected chi connectivity index (χ3v) is 4.68. The summed E-state index contributed by atoms with van der Waals surface area (Å²) in [7, 11) is 0. The Morgan fingerprint density at radius 1 is 1.17 bits per heavy atom. The molecule has 2 rings (SSSR count). The molecule has 0 aromatic rings. The largest absolute Gasteiger partial charge is 0.481 e. The normalized spacial score (nSPS) is 32.2. The second kappa shape index (κ2) is 5.73. The summed E-state index contributed by atoms with van der Waals surface area (Å²) in [5.74, 6) is -1.50. The second-order valence-electron chi connectivity index (χ2n) is 4.85. The van der Waals surface area contributed by atoms with Gasteiger partial charge in [-0.05, 0) is 19.3 Å². The van der Waals surface area contributed by atoms with Gasteiger partial charge in [0, 0.05) is 5.75 Å². The zero-order valence-corrected chi connectivity index (χ0v) is 10.9. The fourth-order valence-electron chi connectivity index (χ4n) is 2.65. The van der Waals surface area contributed by atoms with Crippen LogP contribution in [0.2, 0.25) is 0 Å². The van der Waals surface area contributed by atoms with E-state index < -0.39 is 23.8 Å². The van der Waals surface area contributed by atoms with Crippen LogP contribution in [0.5, 0.6) is 0 Å². The number of carboxylic acids is 1. The maximum absolute atomic E-state index is 12.1. The first kappa shape index (κ1) is 13.4. The van der Waals surface area contributed by atoms with Crippen molar-refractivity contribution >= 4 is 28.8 Å². The van der Waals surface area contributed by atoms with Crippen molar-refractivity contribution in [1.29, 1.82) is 0 Å². The molecule has 5 nitrogen and oxygen atoms in total. The quantitative estimate of drug-likeness (QED) is 0.801. The summed E-state index contributed by atoms with van der Waals surface area (Å²) in [6.07, 6.45) is 3.56. The van der Waals surface area contributed by atoms with Gasteiger partial charge < -0.3 is 10.4 Å². The van der Waals surface area contributed by atoms with Crippen LogP contribution in [0.3, 0.4) is 0 Å². The van der Waals surface area contributed by atoms with Gasteiger partial charge in [0.1, 0.15) is 0 Å². The Kier molecular flexibility index (Phi) is 4.27. The summed E-state index contributed by atoms with van der Waals surface area (Å²) in [4.78, 5) is 34.6. The molecular weight excluding hydrogens is 254 g/mol. The molecule has 0 aromatic carbocycles. The first-order valence-electron chi connectivity index (χ1n) is 6.29. The molecule has 2 fully saturated rings. The van der Waals surface area contributed by atoms with Crippen molar-refractivity contribution < 1.29 is 19.5 Å². The van der Waals surface area contributed by atoms with Gasteiger partial charge in [0.15, 0.2) is 0 Å². The topological polar surface area (TPSA) is 83.5 Å². The lowest BCUT2D eigenvalue weighted by Gasteiger charge is -2.28. The fraction of sp³-hybridized carbons (Fsp3) is 0.750. The van der Waals surface area contributed by atoms with Crippen LogP contribution >= 0.6 is 11.8 Å². The Morgan fingerprint density at radius 3 is 2.39 bits per heavy atom. The van der Waals surface area contributed by atoms with Gasteiger partial charge in [-0.15, -0.1) is 0 Å². The number of nitrogens with one attached hydrogen (secondary N) is 1. The third kappa shape index (κ3) is 2.85. The summed E-state index contributed by atoms with van der Waals surface area (Å²) >= 11 is 1.23. The molecule has 0 spiro atoms. The van der Waals surface area contributed by atoms with Gasteiger partial charge in [-0.2, -0.15) is 0 Å². The van der Waals surface area contributed by atoms with E-state index in [1.165, 1.54) is 11.8 Å². The van der Waals surface area contributed by atoms with Gasteiger partial charge in [-0.3, -0.25) is 14.4 Å². The zero-order valence-electron chi connectivity index (χ0n) is 10.1. The second-order valence-corrected chi connectivity index (χ2v) is 5.95. The molecule has 0 bridgehead atoms. The molecule has 0 radical (unpaired) electrons. The molecule has 1 saturated carbocycles. The number of hydrogen-bond donors (Lipinski definition) is 2. The Morgan fingerprint density at radius 2 is 1.83 bits per heavy atom. The molecule has 1 aliphatic heterocycles. The van der Waals surface area contributed by atoms with E-state index in [2.05, 4.69) is 5.32 Å². The van der Waals surface area contributed by atoms with Gasteiger partial charge in [-0.25, -0.2) is 0 Å². The summed E-state index contributed by atoms with van der Waals surface area (Å²) in [6, 6.07) is -0.418. The van der Waals surface area contributed by atoms with Crippen molar-refractivity contribution in [1.82, 2.24) is 5.32 Å². The Labute approximate surface area is 110 Å². The number of carbonyl (C=O) groups excluding carboxylic acids is 2. The van der Waals surface area contributed by atoms with Gasteiger partial charge in [0.25, 0.3) is 0 Å². The van der Waals surface area contributed by atoms with Gasteiger partial charge in [-0.1, -0.05) is 24.6 Å². The molecular formula is C12H17NO4S. The van der Waals surface area contributed by atoms with Crippen LogP contribution in [0.25, 0.3) is 0 Å². The van der Waals surface area contributed by atoms with Crippen molar-refractivity contribution in [2.24, 2.45) is 11.8 Å². The average molecular weight is 271 g/mol. The van der Waals surface area contributed by atoms with Crippen LogP contribution in [-0.2, 0) is 14.4 Å². The number of carbonyl (C=O) groups is 3. The van der Waals surface area contributed by atoms with Crippen LogP contribution in [0.15, 0.2) is 0 Å². The first-order valence-corrected chi connectivity index (χ1v) is 7.28. The molecule has 2 aliphatic rings. The molecule has 3 unspecified atom stereocenters. The number of thioether (sulfide) groups is 1. The lowest BCUT2D eigenvalue weighted by atomic mass is 9.78. The molecule has 1 heterocycles. The number of aliphatic carboxylic acids is 1. The molecule has 0 aromatic heterocycles. The highest BCUT2D eigenvalue weighted by molar-refractivity contribution is 8.14. The summed E-state index contributed by atoms with van der Waals surface area (Å²) in [5, 5.41) is 11.8. The van der Waals surface area contributed by atoms with Crippen molar-refractivity contribution in [3.05, 3.63) is 0 Å². The van der Waals surface area contributed by atoms with E-state index in [1.807, 2.05) is 0 Å². The Balaban J connectivity index is 1.97. The van der Waals surface area contributed by atoms with E-state index in [-0.39, 0.29) is 11.0 Å². The third-order valence-electron chi connectivity index (χ3n) is 3.67. The standard InChI is InChI=1S/C12H17NO4S/c14-10(13-9-5-6-18-12(9)17)7-3-1-2-4-8(7)11(15)16/h7-9H,1-6H2,(H,13,14)(H,15,16). The molecule has 2 N–H and O–H groups in total. The minimum atomic E-state index is -0.901. The molecule has 100 valence electrons. The number of carboxylic acid groups (broad SMARTS) is 1. The number of rotatable bonds is 3. The minimum Gasteiger partial charge on any atom is -0.481 e. The highest BCUT2D eigenvalue weighted by Crippen LogP contribution is 2.31. The lowest BCUT2D eigenvalue weighted by Crippen LogP contribution is -2.45. The highest BCUT2D eigenvalue weighted by Gasteiger charge is 2.37. The van der Waals surface area contributed by atoms with E-state index in [1.54, 1.807) is 0 Å². The van der Waals surface area contributed by atoms with Gasteiger partial charge in [0.2, 0.25) is 11.0 Å². The first-order chi connectivity index (χ1) is 8.59. The van der Waals surface area contributed by atoms with Crippen LogP contribution in [0.4, 0.5) is 0 Å². The summed E-state index contributed by atoms with van der Waals surface area (Å²) < 4.78 is 0. The molecule has 18 heavy (non-hydrogen) atoms. The molecule has 1 amide bonds. The van der Waals surface area contributed by atoms with Crippen LogP contribution in [0, 0.1) is 11.8 Å². The van der Waals surface area contributed by atoms with E-state index in [0.717, 1.165) is 18.6 Å². The predicted octanol–water partition coefficient (Wildman–Crippen LogP) is 1.03. The molecule has 6 heteroatoms. The number of amides is 1. The van der Waals surface area contributed by atoms with Crippen molar-refractivity contribution in [2.45, 2.75) is 38.1 Å².